The van der Waals surface area contributed by atoms with Crippen LogP contribution in [0.1, 0.15) is 61.9 Å². The number of nitro benzene ring substituents is 1. The summed E-state index contributed by atoms with van der Waals surface area (Å²) in [6.07, 6.45) is 2.95. The average molecular weight is 449 g/mol. The van der Waals surface area contributed by atoms with Crippen molar-refractivity contribution in [3.05, 3.63) is 99.6 Å². The molecule has 3 rings (SSSR count). The standard InChI is InChI=1S/C27H32N2O4/c1-4-5-14-25(28-20(2)22-12-9-13-24(17-22)32-3)23-15-16-27(26(18-23)29(30)31)33-19-21-10-7-6-8-11-21/h6-13,15-18,20,25,28H,4-5,14,19H2,1-3H3. The van der Waals surface area contributed by atoms with Gasteiger partial charge in [-0.1, -0.05) is 68.3 Å². The summed E-state index contributed by atoms with van der Waals surface area (Å²) >= 11 is 0. The Bertz CT molecular complexity index is 1040. The van der Waals surface area contributed by atoms with Gasteiger partial charge in [0.15, 0.2) is 5.75 Å². The third-order valence-corrected chi connectivity index (χ3v) is 5.71. The van der Waals surface area contributed by atoms with Crippen LogP contribution in [-0.4, -0.2) is 12.0 Å². The molecule has 3 aromatic rings. The summed E-state index contributed by atoms with van der Waals surface area (Å²) in [5.74, 6) is 1.09. The Morgan fingerprint density at radius 1 is 1.00 bits per heavy atom. The predicted molar refractivity (Wildman–Crippen MR) is 131 cm³/mol. The van der Waals surface area contributed by atoms with Gasteiger partial charge in [-0.25, -0.2) is 0 Å². The van der Waals surface area contributed by atoms with E-state index < -0.39 is 0 Å². The number of methoxy groups -OCH3 is 1. The Morgan fingerprint density at radius 2 is 1.79 bits per heavy atom. The van der Waals surface area contributed by atoms with Crippen LogP contribution in [0.3, 0.4) is 0 Å². The van der Waals surface area contributed by atoms with Crippen molar-refractivity contribution in [2.24, 2.45) is 0 Å². The van der Waals surface area contributed by atoms with Gasteiger partial charge >= 0.3 is 5.69 Å². The molecule has 0 bridgehead atoms. The van der Waals surface area contributed by atoms with Gasteiger partial charge in [-0.2, -0.15) is 0 Å². The number of rotatable bonds is 12. The third-order valence-electron chi connectivity index (χ3n) is 5.71. The number of nitrogens with one attached hydrogen (secondary N) is 1. The van der Waals surface area contributed by atoms with Crippen LogP contribution in [0.4, 0.5) is 5.69 Å². The van der Waals surface area contributed by atoms with Crippen LogP contribution in [0, 0.1) is 10.1 Å². The molecule has 2 unspecified atom stereocenters. The second-order valence-electron chi connectivity index (χ2n) is 8.12. The largest absolute Gasteiger partial charge is 0.497 e. The lowest BCUT2D eigenvalue weighted by Crippen LogP contribution is -2.25. The molecule has 33 heavy (non-hydrogen) atoms. The zero-order valence-electron chi connectivity index (χ0n) is 19.5. The molecule has 0 heterocycles. The van der Waals surface area contributed by atoms with Crippen LogP contribution in [0.25, 0.3) is 0 Å². The molecule has 6 nitrogen and oxygen atoms in total. The molecule has 6 heteroatoms. The van der Waals surface area contributed by atoms with E-state index in [9.17, 15) is 10.1 Å². The van der Waals surface area contributed by atoms with E-state index in [1.54, 1.807) is 19.2 Å². The monoisotopic (exact) mass is 448 g/mol. The molecule has 0 radical (unpaired) electrons. The molecular weight excluding hydrogens is 416 g/mol. The Hall–Kier alpha value is -3.38. The van der Waals surface area contributed by atoms with E-state index in [0.29, 0.717) is 0 Å². The highest BCUT2D eigenvalue weighted by atomic mass is 16.6. The summed E-state index contributed by atoms with van der Waals surface area (Å²) in [5, 5.41) is 15.5. The number of benzene rings is 3. The van der Waals surface area contributed by atoms with Gasteiger partial charge in [0.1, 0.15) is 12.4 Å². The summed E-state index contributed by atoms with van der Waals surface area (Å²) in [6.45, 7) is 4.52. The lowest BCUT2D eigenvalue weighted by molar-refractivity contribution is -0.386. The van der Waals surface area contributed by atoms with E-state index in [1.165, 1.54) is 0 Å². The highest BCUT2D eigenvalue weighted by molar-refractivity contribution is 5.49. The van der Waals surface area contributed by atoms with Crippen molar-refractivity contribution in [1.29, 1.82) is 0 Å². The molecule has 2 atom stereocenters. The lowest BCUT2D eigenvalue weighted by atomic mass is 9.98. The number of ether oxygens (including phenoxy) is 2. The molecule has 0 amide bonds. The molecule has 0 fully saturated rings. The van der Waals surface area contributed by atoms with Gasteiger partial charge in [-0.05, 0) is 48.2 Å². The van der Waals surface area contributed by atoms with E-state index >= 15 is 0 Å². The second kappa shape index (κ2) is 12.0. The number of nitro groups is 1. The maximum atomic E-state index is 11.8. The minimum absolute atomic E-state index is 0.0132. The van der Waals surface area contributed by atoms with Gasteiger partial charge in [0.25, 0.3) is 0 Å². The molecule has 0 aliphatic heterocycles. The maximum absolute atomic E-state index is 11.8. The molecule has 0 aliphatic carbocycles. The van der Waals surface area contributed by atoms with Crippen LogP contribution < -0.4 is 14.8 Å². The van der Waals surface area contributed by atoms with Gasteiger partial charge in [0, 0.05) is 18.2 Å². The molecule has 0 saturated carbocycles. The van der Waals surface area contributed by atoms with E-state index in [0.717, 1.165) is 41.7 Å². The Balaban J connectivity index is 1.82. The van der Waals surface area contributed by atoms with Gasteiger partial charge in [-0.15, -0.1) is 0 Å². The summed E-state index contributed by atoms with van der Waals surface area (Å²) in [7, 11) is 1.65. The smallest absolute Gasteiger partial charge is 0.311 e. The van der Waals surface area contributed by atoms with E-state index in [1.807, 2.05) is 54.6 Å². The Labute approximate surface area is 195 Å². The molecule has 1 N–H and O–H groups in total. The van der Waals surface area contributed by atoms with Crippen LogP contribution in [0.15, 0.2) is 72.8 Å². The van der Waals surface area contributed by atoms with Crippen LogP contribution in [-0.2, 0) is 6.61 Å². The van der Waals surface area contributed by atoms with Crippen molar-refractivity contribution in [3.8, 4) is 11.5 Å². The first-order valence-corrected chi connectivity index (χ1v) is 11.4. The van der Waals surface area contributed by atoms with E-state index in [4.69, 9.17) is 9.47 Å². The zero-order valence-corrected chi connectivity index (χ0v) is 19.5. The maximum Gasteiger partial charge on any atom is 0.311 e. The highest BCUT2D eigenvalue weighted by Gasteiger charge is 2.22. The fourth-order valence-corrected chi connectivity index (χ4v) is 3.81. The summed E-state index contributed by atoms with van der Waals surface area (Å²) < 4.78 is 11.2. The van der Waals surface area contributed by atoms with E-state index in [2.05, 4.69) is 25.2 Å². The number of hydrogen-bond acceptors (Lipinski definition) is 5. The summed E-state index contributed by atoms with van der Waals surface area (Å²) in [5.41, 5.74) is 2.94. The number of unbranched alkanes of at least 4 members (excludes halogenated alkanes) is 1. The SMILES string of the molecule is CCCCC(NC(C)c1cccc(OC)c1)c1ccc(OCc2ccccc2)c([N+](=O)[O-])c1. The van der Waals surface area contributed by atoms with Crippen molar-refractivity contribution in [2.75, 3.05) is 7.11 Å². The van der Waals surface area contributed by atoms with Gasteiger partial charge < -0.3 is 14.8 Å². The van der Waals surface area contributed by atoms with Gasteiger partial charge in [0.05, 0.1) is 12.0 Å². The Kier molecular flexibility index (Phi) is 8.84. The minimum Gasteiger partial charge on any atom is -0.497 e. The topological polar surface area (TPSA) is 73.6 Å². The molecule has 3 aromatic carbocycles. The van der Waals surface area contributed by atoms with Crippen molar-refractivity contribution < 1.29 is 14.4 Å². The normalized spacial score (nSPS) is 12.7. The quantitative estimate of drug-likeness (QED) is 0.245. The first-order chi connectivity index (χ1) is 16.0. The molecule has 0 aromatic heterocycles. The Morgan fingerprint density at radius 3 is 2.48 bits per heavy atom. The molecule has 0 spiro atoms. The summed E-state index contributed by atoms with van der Waals surface area (Å²) in [4.78, 5) is 11.5. The van der Waals surface area contributed by atoms with Crippen molar-refractivity contribution >= 4 is 5.69 Å². The highest BCUT2D eigenvalue weighted by Crippen LogP contribution is 2.33. The fraction of sp³-hybridized carbons (Fsp3) is 0.333. The second-order valence-corrected chi connectivity index (χ2v) is 8.12. The first-order valence-electron chi connectivity index (χ1n) is 11.4. The van der Waals surface area contributed by atoms with Crippen LogP contribution in [0.5, 0.6) is 11.5 Å². The molecule has 0 saturated heterocycles. The average Bonchev–Trinajstić information content (AvgIpc) is 2.85. The number of nitrogens with zero attached hydrogens (tertiary/aromatic N) is 1. The molecular formula is C27H32N2O4. The van der Waals surface area contributed by atoms with Crippen molar-refractivity contribution in [3.63, 3.8) is 0 Å². The van der Waals surface area contributed by atoms with E-state index in [-0.39, 0.29) is 35.1 Å². The van der Waals surface area contributed by atoms with Crippen molar-refractivity contribution in [1.82, 2.24) is 5.32 Å². The fourth-order valence-electron chi connectivity index (χ4n) is 3.81. The first kappa shape index (κ1) is 24.3. The van der Waals surface area contributed by atoms with Crippen LogP contribution in [0.2, 0.25) is 0 Å². The zero-order chi connectivity index (χ0) is 23.6. The third kappa shape index (κ3) is 6.80. The molecule has 174 valence electrons. The lowest BCUT2D eigenvalue weighted by Gasteiger charge is -2.24. The minimum atomic E-state index is -0.369. The summed E-state index contributed by atoms with van der Waals surface area (Å²) in [6, 6.07) is 22.9. The van der Waals surface area contributed by atoms with Gasteiger partial charge in [-0.3, -0.25) is 10.1 Å². The predicted octanol–water partition coefficient (Wildman–Crippen LogP) is 6.76. The van der Waals surface area contributed by atoms with Crippen LogP contribution >= 0.6 is 0 Å². The van der Waals surface area contributed by atoms with Crippen molar-refractivity contribution in [2.45, 2.75) is 51.8 Å². The molecule has 0 aliphatic rings. The van der Waals surface area contributed by atoms with Gasteiger partial charge in [0.2, 0.25) is 0 Å². The number of hydrogen-bond donors (Lipinski definition) is 1.